The van der Waals surface area contributed by atoms with Crippen molar-refractivity contribution in [3.8, 4) is 5.75 Å². The highest BCUT2D eigenvalue weighted by atomic mass is 16.4. The van der Waals surface area contributed by atoms with Crippen LogP contribution in [-0.2, 0) is 6.42 Å². The minimum Gasteiger partial charge on any atom is -0.507 e. The van der Waals surface area contributed by atoms with Gasteiger partial charge in [-0.15, -0.1) is 0 Å². The van der Waals surface area contributed by atoms with Crippen LogP contribution in [0.3, 0.4) is 0 Å². The summed E-state index contributed by atoms with van der Waals surface area (Å²) in [5, 5.41) is 12.9. The van der Waals surface area contributed by atoms with E-state index in [1.807, 2.05) is 60.7 Å². The maximum absolute atomic E-state index is 12.4. The van der Waals surface area contributed by atoms with Gasteiger partial charge in [0.25, 0.3) is 0 Å². The maximum Gasteiger partial charge on any atom is 0.343 e. The van der Waals surface area contributed by atoms with Crippen molar-refractivity contribution < 1.29 is 9.52 Å². The molecular weight excluding hydrogens is 288 g/mol. The predicted molar refractivity (Wildman–Crippen MR) is 90.9 cm³/mol. The maximum atomic E-state index is 12.4. The van der Waals surface area contributed by atoms with Crippen LogP contribution in [0.2, 0.25) is 0 Å². The summed E-state index contributed by atoms with van der Waals surface area (Å²) in [5.41, 5.74) is 1.19. The average Bonchev–Trinajstić information content (AvgIpc) is 2.59. The van der Waals surface area contributed by atoms with Gasteiger partial charge in [0.1, 0.15) is 11.3 Å². The molecule has 4 aromatic rings. The summed E-state index contributed by atoms with van der Waals surface area (Å²) < 4.78 is 5.54. The van der Waals surface area contributed by atoms with Gasteiger partial charge < -0.3 is 9.52 Å². The molecule has 1 heterocycles. The SMILES string of the molecule is O=c1oc2c(ccc3ccccc32)c(O)c1Cc1ccccc1. The molecule has 0 unspecified atom stereocenters. The monoisotopic (exact) mass is 302 g/mol. The lowest BCUT2D eigenvalue weighted by Crippen LogP contribution is -2.08. The van der Waals surface area contributed by atoms with Crippen LogP contribution in [0.1, 0.15) is 11.1 Å². The molecule has 0 saturated carbocycles. The number of aromatic hydroxyl groups is 1. The lowest BCUT2D eigenvalue weighted by Gasteiger charge is -2.08. The molecule has 0 aliphatic carbocycles. The van der Waals surface area contributed by atoms with Gasteiger partial charge in [-0.3, -0.25) is 0 Å². The van der Waals surface area contributed by atoms with Crippen molar-refractivity contribution in [2.24, 2.45) is 0 Å². The molecule has 1 aromatic heterocycles. The lowest BCUT2D eigenvalue weighted by atomic mass is 10.0. The number of fused-ring (bicyclic) bond motifs is 3. The molecule has 3 nitrogen and oxygen atoms in total. The molecule has 4 rings (SSSR count). The van der Waals surface area contributed by atoms with Crippen LogP contribution in [0.4, 0.5) is 0 Å². The van der Waals surface area contributed by atoms with E-state index in [2.05, 4.69) is 0 Å². The van der Waals surface area contributed by atoms with E-state index in [9.17, 15) is 9.90 Å². The van der Waals surface area contributed by atoms with Crippen LogP contribution in [-0.4, -0.2) is 5.11 Å². The van der Waals surface area contributed by atoms with Crippen LogP contribution >= 0.6 is 0 Å². The zero-order valence-electron chi connectivity index (χ0n) is 12.3. The Morgan fingerprint density at radius 1 is 0.826 bits per heavy atom. The average molecular weight is 302 g/mol. The molecule has 0 amide bonds. The van der Waals surface area contributed by atoms with Crippen molar-refractivity contribution in [2.75, 3.05) is 0 Å². The molecule has 3 aromatic carbocycles. The third kappa shape index (κ3) is 2.27. The van der Waals surface area contributed by atoms with Crippen LogP contribution in [0.25, 0.3) is 21.7 Å². The molecule has 0 fully saturated rings. The van der Waals surface area contributed by atoms with Gasteiger partial charge in [-0.05, 0) is 17.0 Å². The van der Waals surface area contributed by atoms with Crippen LogP contribution in [0, 0.1) is 0 Å². The molecule has 0 spiro atoms. The first-order valence-electron chi connectivity index (χ1n) is 7.44. The van der Waals surface area contributed by atoms with Gasteiger partial charge in [-0.1, -0.05) is 60.7 Å². The standard InChI is InChI=1S/C20H14O3/c21-18-16-11-10-14-8-4-5-9-15(14)19(16)23-20(22)17(18)12-13-6-2-1-3-7-13/h1-11,21H,12H2. The lowest BCUT2D eigenvalue weighted by molar-refractivity contribution is 0.459. The van der Waals surface area contributed by atoms with Crippen LogP contribution in [0.15, 0.2) is 75.9 Å². The van der Waals surface area contributed by atoms with E-state index >= 15 is 0 Å². The van der Waals surface area contributed by atoms with Crippen molar-refractivity contribution in [1.29, 1.82) is 0 Å². The summed E-state index contributed by atoms with van der Waals surface area (Å²) in [7, 11) is 0. The number of hydrogen-bond acceptors (Lipinski definition) is 3. The van der Waals surface area contributed by atoms with Gasteiger partial charge in [0.15, 0.2) is 0 Å². The fraction of sp³-hybridized carbons (Fsp3) is 0.0500. The van der Waals surface area contributed by atoms with Gasteiger partial charge in [-0.25, -0.2) is 4.79 Å². The molecule has 0 aliphatic heterocycles. The minimum atomic E-state index is -0.491. The van der Waals surface area contributed by atoms with Gasteiger partial charge in [-0.2, -0.15) is 0 Å². The molecule has 3 heteroatoms. The van der Waals surface area contributed by atoms with Gasteiger partial charge in [0.2, 0.25) is 0 Å². The van der Waals surface area contributed by atoms with Crippen molar-refractivity contribution in [2.45, 2.75) is 6.42 Å². The second-order valence-corrected chi connectivity index (χ2v) is 5.54. The van der Waals surface area contributed by atoms with E-state index in [-0.39, 0.29) is 5.75 Å². The minimum absolute atomic E-state index is 0.00542. The van der Waals surface area contributed by atoms with E-state index in [4.69, 9.17) is 4.42 Å². The molecular formula is C20H14O3. The summed E-state index contributed by atoms with van der Waals surface area (Å²) >= 11 is 0. The highest BCUT2D eigenvalue weighted by Gasteiger charge is 2.16. The third-order valence-electron chi connectivity index (χ3n) is 4.09. The first-order valence-corrected chi connectivity index (χ1v) is 7.44. The second-order valence-electron chi connectivity index (χ2n) is 5.54. The Morgan fingerprint density at radius 2 is 1.57 bits per heavy atom. The largest absolute Gasteiger partial charge is 0.507 e. The Hall–Kier alpha value is -3.07. The van der Waals surface area contributed by atoms with E-state index in [0.29, 0.717) is 23.0 Å². The number of hydrogen-bond donors (Lipinski definition) is 1. The van der Waals surface area contributed by atoms with Crippen molar-refractivity contribution >= 4 is 21.7 Å². The van der Waals surface area contributed by atoms with E-state index in [1.54, 1.807) is 6.07 Å². The van der Waals surface area contributed by atoms with Crippen LogP contribution in [0.5, 0.6) is 5.75 Å². The zero-order valence-corrected chi connectivity index (χ0v) is 12.3. The third-order valence-corrected chi connectivity index (χ3v) is 4.09. The predicted octanol–water partition coefficient (Wildman–Crippen LogP) is 4.24. The van der Waals surface area contributed by atoms with Crippen molar-refractivity contribution in [3.63, 3.8) is 0 Å². The summed E-state index contributed by atoms with van der Waals surface area (Å²) in [5.74, 6) is 0.00542. The first-order chi connectivity index (χ1) is 11.2. The van der Waals surface area contributed by atoms with Gasteiger partial charge in [0, 0.05) is 11.8 Å². The number of rotatable bonds is 2. The normalized spacial score (nSPS) is 11.1. The topological polar surface area (TPSA) is 50.4 Å². The Kier molecular flexibility index (Phi) is 3.12. The van der Waals surface area contributed by atoms with E-state index in [1.165, 1.54) is 0 Å². The first kappa shape index (κ1) is 13.6. The highest BCUT2D eigenvalue weighted by molar-refractivity contribution is 6.06. The number of benzene rings is 3. The van der Waals surface area contributed by atoms with Gasteiger partial charge >= 0.3 is 5.63 Å². The highest BCUT2D eigenvalue weighted by Crippen LogP contribution is 2.32. The van der Waals surface area contributed by atoms with Crippen molar-refractivity contribution in [1.82, 2.24) is 0 Å². The fourth-order valence-electron chi connectivity index (χ4n) is 2.91. The summed E-state index contributed by atoms with van der Waals surface area (Å²) in [6, 6.07) is 20.9. The van der Waals surface area contributed by atoms with Crippen molar-refractivity contribution in [3.05, 3.63) is 88.3 Å². The van der Waals surface area contributed by atoms with Crippen LogP contribution < -0.4 is 5.63 Å². The zero-order chi connectivity index (χ0) is 15.8. The second kappa shape index (κ2) is 5.29. The Labute approximate surface area is 132 Å². The molecule has 0 aliphatic rings. The Morgan fingerprint density at radius 3 is 2.39 bits per heavy atom. The fourth-order valence-corrected chi connectivity index (χ4v) is 2.91. The van der Waals surface area contributed by atoms with E-state index in [0.717, 1.165) is 16.3 Å². The van der Waals surface area contributed by atoms with Gasteiger partial charge in [0.05, 0.1) is 10.9 Å². The molecule has 0 bridgehead atoms. The summed E-state index contributed by atoms with van der Waals surface area (Å²) in [6.45, 7) is 0. The molecule has 112 valence electrons. The molecule has 23 heavy (non-hydrogen) atoms. The van der Waals surface area contributed by atoms with E-state index < -0.39 is 5.63 Å². The summed E-state index contributed by atoms with van der Waals surface area (Å²) in [6.07, 6.45) is 0.345. The molecule has 1 N–H and O–H groups in total. The quantitative estimate of drug-likeness (QED) is 0.445. The Balaban J connectivity index is 1.97. The Bertz CT molecular complexity index is 1060. The smallest absolute Gasteiger partial charge is 0.343 e. The molecule has 0 saturated heterocycles. The summed E-state index contributed by atoms with van der Waals surface area (Å²) in [4.78, 5) is 12.4. The molecule has 0 radical (unpaired) electrons. The molecule has 0 atom stereocenters.